The maximum Gasteiger partial charge on any atom is 0.410 e. The Bertz CT molecular complexity index is 1300. The normalized spacial score (nSPS) is 11.9. The van der Waals surface area contributed by atoms with Gasteiger partial charge in [-0.2, -0.15) is 0 Å². The molecular weight excluding hydrogens is 461 g/mol. The molecule has 0 unspecified atom stereocenters. The van der Waals surface area contributed by atoms with Crippen molar-refractivity contribution in [2.45, 2.75) is 44.7 Å². The molecule has 182 valence electrons. The first-order valence-electron chi connectivity index (χ1n) is 10.5. The third-order valence-electron chi connectivity index (χ3n) is 4.89. The summed E-state index contributed by atoms with van der Waals surface area (Å²) in [6, 6.07) is 8.82. The van der Waals surface area contributed by atoms with E-state index in [0.29, 0.717) is 11.3 Å². The standard InChI is InChI=1S/C24H28FN3O5S/c1-16-11-12-18(13-26-16)34(30,31)28-15-17(14-27(5)23(29)33-24(2,3)4)22(32-6)21(28)19-9-7-8-10-20(19)25/h7-13,15H,14H2,1-6H3. The van der Waals surface area contributed by atoms with Crippen LogP contribution >= 0.6 is 0 Å². The highest BCUT2D eigenvalue weighted by Crippen LogP contribution is 2.39. The van der Waals surface area contributed by atoms with Crippen molar-refractivity contribution in [3.63, 3.8) is 0 Å². The van der Waals surface area contributed by atoms with E-state index in [1.165, 1.54) is 55.7 Å². The molecule has 0 aliphatic rings. The number of hydrogen-bond donors (Lipinski definition) is 0. The van der Waals surface area contributed by atoms with Gasteiger partial charge in [0.2, 0.25) is 0 Å². The number of nitrogens with zero attached hydrogens (tertiary/aromatic N) is 3. The molecule has 0 atom stereocenters. The molecule has 0 fully saturated rings. The Balaban J connectivity index is 2.19. The summed E-state index contributed by atoms with van der Waals surface area (Å²) < 4.78 is 53.9. The summed E-state index contributed by atoms with van der Waals surface area (Å²) in [5.41, 5.74) is 0.348. The molecule has 0 N–H and O–H groups in total. The first-order valence-corrected chi connectivity index (χ1v) is 11.9. The van der Waals surface area contributed by atoms with Crippen molar-refractivity contribution in [2.24, 2.45) is 0 Å². The Labute approximate surface area is 199 Å². The van der Waals surface area contributed by atoms with Gasteiger partial charge in [0.1, 0.15) is 22.0 Å². The van der Waals surface area contributed by atoms with Gasteiger partial charge in [0.15, 0.2) is 5.75 Å². The highest BCUT2D eigenvalue weighted by Gasteiger charge is 2.30. The summed E-state index contributed by atoms with van der Waals surface area (Å²) in [4.78, 5) is 17.8. The van der Waals surface area contributed by atoms with Crippen molar-refractivity contribution >= 4 is 16.1 Å². The number of ether oxygens (including phenoxy) is 2. The average molecular weight is 490 g/mol. The first-order chi connectivity index (χ1) is 15.8. The molecule has 0 aliphatic heterocycles. The number of aromatic nitrogens is 2. The minimum atomic E-state index is -4.18. The number of hydrogen-bond acceptors (Lipinski definition) is 6. The zero-order valence-electron chi connectivity index (χ0n) is 20.0. The third-order valence-corrected chi connectivity index (χ3v) is 6.53. The maximum atomic E-state index is 14.8. The Morgan fingerprint density at radius 1 is 1.18 bits per heavy atom. The van der Waals surface area contributed by atoms with E-state index in [2.05, 4.69) is 4.98 Å². The quantitative estimate of drug-likeness (QED) is 0.502. The molecule has 0 aliphatic carbocycles. The van der Waals surface area contributed by atoms with Gasteiger partial charge in [-0.3, -0.25) is 4.98 Å². The van der Waals surface area contributed by atoms with Crippen LogP contribution in [0.4, 0.5) is 9.18 Å². The van der Waals surface area contributed by atoms with Crippen LogP contribution in [0.5, 0.6) is 5.75 Å². The zero-order chi connectivity index (χ0) is 25.3. The molecule has 0 spiro atoms. The second kappa shape index (κ2) is 9.46. The average Bonchev–Trinajstić information content (AvgIpc) is 3.11. The van der Waals surface area contributed by atoms with Crippen molar-refractivity contribution in [3.8, 4) is 17.0 Å². The SMILES string of the molecule is COc1c(CN(C)C(=O)OC(C)(C)C)cn(S(=O)(=O)c2ccc(C)nc2)c1-c1ccccc1F. The first kappa shape index (κ1) is 25.2. The highest BCUT2D eigenvalue weighted by atomic mass is 32.2. The molecule has 0 radical (unpaired) electrons. The fraction of sp³-hybridized carbons (Fsp3) is 0.333. The lowest BCUT2D eigenvalue weighted by Gasteiger charge is -2.24. The van der Waals surface area contributed by atoms with Gasteiger partial charge < -0.3 is 14.4 Å². The highest BCUT2D eigenvalue weighted by molar-refractivity contribution is 7.90. The predicted octanol–water partition coefficient (Wildman–Crippen LogP) is 4.61. The lowest BCUT2D eigenvalue weighted by molar-refractivity contribution is 0.0284. The second-order valence-electron chi connectivity index (χ2n) is 8.79. The number of benzene rings is 1. The summed E-state index contributed by atoms with van der Waals surface area (Å²) in [6.07, 6.45) is 1.98. The van der Waals surface area contributed by atoms with E-state index in [-0.39, 0.29) is 28.4 Å². The molecule has 0 bridgehead atoms. The molecule has 0 saturated carbocycles. The molecule has 3 aromatic rings. The molecule has 10 heteroatoms. The van der Waals surface area contributed by atoms with Crippen LogP contribution in [0.25, 0.3) is 11.3 Å². The molecule has 1 aromatic carbocycles. The van der Waals surface area contributed by atoms with Crippen LogP contribution in [0.2, 0.25) is 0 Å². The summed E-state index contributed by atoms with van der Waals surface area (Å²) in [7, 11) is -1.29. The van der Waals surface area contributed by atoms with Crippen LogP contribution in [0, 0.1) is 12.7 Å². The van der Waals surface area contributed by atoms with E-state index in [0.717, 1.165) is 3.97 Å². The smallest absolute Gasteiger partial charge is 0.410 e. The van der Waals surface area contributed by atoms with E-state index in [4.69, 9.17) is 9.47 Å². The van der Waals surface area contributed by atoms with Crippen LogP contribution in [-0.4, -0.2) is 48.1 Å². The van der Waals surface area contributed by atoms with Crippen molar-refractivity contribution in [1.29, 1.82) is 0 Å². The molecule has 8 nitrogen and oxygen atoms in total. The zero-order valence-corrected chi connectivity index (χ0v) is 20.8. The molecule has 34 heavy (non-hydrogen) atoms. The molecule has 0 saturated heterocycles. The van der Waals surface area contributed by atoms with Gasteiger partial charge in [0.25, 0.3) is 10.0 Å². The van der Waals surface area contributed by atoms with E-state index in [1.807, 2.05) is 0 Å². The van der Waals surface area contributed by atoms with E-state index in [9.17, 15) is 17.6 Å². The lowest BCUT2D eigenvalue weighted by Crippen LogP contribution is -2.33. The molecule has 1 amide bonds. The van der Waals surface area contributed by atoms with Gasteiger partial charge >= 0.3 is 6.09 Å². The van der Waals surface area contributed by atoms with Gasteiger partial charge in [-0.15, -0.1) is 0 Å². The fourth-order valence-corrected chi connectivity index (χ4v) is 4.66. The number of amides is 1. The minimum absolute atomic E-state index is 0.00811. The fourth-order valence-electron chi connectivity index (χ4n) is 3.32. The number of methoxy groups -OCH3 is 1. The number of carbonyl (C=O) groups excluding carboxylic acids is 1. The van der Waals surface area contributed by atoms with Crippen LogP contribution in [0.1, 0.15) is 32.0 Å². The second-order valence-corrected chi connectivity index (χ2v) is 10.6. The Morgan fingerprint density at radius 2 is 1.85 bits per heavy atom. The van der Waals surface area contributed by atoms with E-state index < -0.39 is 27.5 Å². The minimum Gasteiger partial charge on any atom is -0.494 e. The van der Waals surface area contributed by atoms with Gasteiger partial charge in [0.05, 0.1) is 13.7 Å². The van der Waals surface area contributed by atoms with Crippen molar-refractivity contribution < 1.29 is 27.1 Å². The predicted molar refractivity (Wildman–Crippen MR) is 126 cm³/mol. The number of pyridine rings is 1. The number of halogens is 1. The van der Waals surface area contributed by atoms with Crippen molar-refractivity contribution in [2.75, 3.05) is 14.2 Å². The van der Waals surface area contributed by atoms with Crippen molar-refractivity contribution in [1.82, 2.24) is 13.9 Å². The van der Waals surface area contributed by atoms with Crippen LogP contribution < -0.4 is 4.74 Å². The van der Waals surface area contributed by atoms with E-state index >= 15 is 0 Å². The number of carbonyl (C=O) groups is 1. The third kappa shape index (κ3) is 5.22. The molecule has 3 rings (SSSR count). The van der Waals surface area contributed by atoms with Crippen LogP contribution in [-0.2, 0) is 21.3 Å². The Morgan fingerprint density at radius 3 is 2.41 bits per heavy atom. The topological polar surface area (TPSA) is 90.7 Å². The van der Waals surface area contributed by atoms with Crippen LogP contribution in [0.3, 0.4) is 0 Å². The van der Waals surface area contributed by atoms with Gasteiger partial charge in [0, 0.05) is 36.3 Å². The molecule has 2 aromatic heterocycles. The maximum absolute atomic E-state index is 14.8. The Hall–Kier alpha value is -3.40. The molecular formula is C24H28FN3O5S. The van der Waals surface area contributed by atoms with Gasteiger partial charge in [-0.05, 0) is 52.0 Å². The van der Waals surface area contributed by atoms with Crippen LogP contribution in [0.15, 0.2) is 53.7 Å². The van der Waals surface area contributed by atoms with Crippen molar-refractivity contribution in [3.05, 3.63) is 65.9 Å². The molecule has 2 heterocycles. The monoisotopic (exact) mass is 489 g/mol. The summed E-state index contributed by atoms with van der Waals surface area (Å²) >= 11 is 0. The van der Waals surface area contributed by atoms with Gasteiger partial charge in [-0.25, -0.2) is 21.6 Å². The Kier molecular flexibility index (Phi) is 7.02. The number of aryl methyl sites for hydroxylation is 1. The largest absolute Gasteiger partial charge is 0.494 e. The number of rotatable bonds is 6. The summed E-state index contributed by atoms with van der Waals surface area (Å²) in [5.74, 6) is -0.492. The summed E-state index contributed by atoms with van der Waals surface area (Å²) in [6.45, 7) is 6.94. The lowest BCUT2D eigenvalue weighted by atomic mass is 10.1. The van der Waals surface area contributed by atoms with Gasteiger partial charge in [-0.1, -0.05) is 12.1 Å². The van der Waals surface area contributed by atoms with E-state index in [1.54, 1.807) is 39.8 Å². The summed E-state index contributed by atoms with van der Waals surface area (Å²) in [5, 5.41) is 0.